The number of fused-ring (bicyclic) bond motifs is 2. The van der Waals surface area contributed by atoms with Crippen molar-refractivity contribution in [2.45, 2.75) is 128 Å². The van der Waals surface area contributed by atoms with Gasteiger partial charge in [-0.25, -0.2) is 0 Å². The molecular formula is C52H56. The lowest BCUT2D eigenvalue weighted by Gasteiger charge is -2.16. The molecule has 0 amide bonds. The van der Waals surface area contributed by atoms with Gasteiger partial charge in [0.1, 0.15) is 0 Å². The second kappa shape index (κ2) is 15.4. The summed E-state index contributed by atoms with van der Waals surface area (Å²) < 4.78 is 0. The molecule has 0 saturated heterocycles. The zero-order valence-corrected chi connectivity index (χ0v) is 31.4. The van der Waals surface area contributed by atoms with E-state index in [9.17, 15) is 0 Å². The van der Waals surface area contributed by atoms with Gasteiger partial charge in [0.05, 0.1) is 0 Å². The minimum atomic E-state index is 1.22. The maximum absolute atomic E-state index is 2.41. The maximum Gasteiger partial charge on any atom is -0.00239 e. The number of benzene rings is 8. The average Bonchev–Trinajstić information content (AvgIpc) is 3.18. The number of hydrogen-bond donors (Lipinski definition) is 0. The molecule has 0 heteroatoms. The summed E-state index contributed by atoms with van der Waals surface area (Å²) in [6, 6.07) is 37.8. The Balaban J connectivity index is 0.000000138. The third kappa shape index (κ3) is 6.64. The maximum atomic E-state index is 2.41. The molecule has 0 fully saturated rings. The second-order valence-electron chi connectivity index (χ2n) is 16.4. The van der Waals surface area contributed by atoms with Gasteiger partial charge < -0.3 is 0 Å². The SMILES string of the molecule is c1cc2ccc3ccc4c5ccc(c1CCCCCCCCCC4)c2c35.c1cc2ccc3ccc4c5ccc(c1CCCCCCCCCC4)c2c35. The largest absolute Gasteiger partial charge is 0.0578 e. The highest BCUT2D eigenvalue weighted by molar-refractivity contribution is 6.25. The molecule has 0 radical (unpaired) electrons. The van der Waals surface area contributed by atoms with Crippen molar-refractivity contribution in [1.29, 1.82) is 0 Å². The summed E-state index contributed by atoms with van der Waals surface area (Å²) in [4.78, 5) is 0. The zero-order valence-electron chi connectivity index (χ0n) is 31.4. The highest BCUT2D eigenvalue weighted by Gasteiger charge is 2.15. The molecule has 0 N–H and O–H groups in total. The van der Waals surface area contributed by atoms with E-state index in [1.165, 1.54) is 193 Å². The first-order chi connectivity index (χ1) is 25.8. The van der Waals surface area contributed by atoms with Crippen molar-refractivity contribution in [1.82, 2.24) is 0 Å². The molecule has 52 heavy (non-hydrogen) atoms. The van der Waals surface area contributed by atoms with Crippen LogP contribution in [0.3, 0.4) is 0 Å². The fraction of sp³-hybridized carbons (Fsp3) is 0.385. The first kappa shape index (κ1) is 33.7. The van der Waals surface area contributed by atoms with Gasteiger partial charge in [-0.15, -0.1) is 0 Å². The van der Waals surface area contributed by atoms with Crippen molar-refractivity contribution in [2.24, 2.45) is 0 Å². The van der Waals surface area contributed by atoms with Gasteiger partial charge in [0.25, 0.3) is 0 Å². The Morgan fingerprint density at radius 1 is 0.192 bits per heavy atom. The molecular weight excluding hydrogens is 625 g/mol. The molecule has 0 saturated carbocycles. The predicted octanol–water partition coefficient (Wildman–Crippen LogP) is 15.6. The van der Waals surface area contributed by atoms with Crippen molar-refractivity contribution in [3.05, 3.63) is 119 Å². The smallest absolute Gasteiger partial charge is 0.00239 e. The molecule has 0 aliphatic heterocycles. The summed E-state index contributed by atoms with van der Waals surface area (Å²) >= 11 is 0. The zero-order chi connectivity index (χ0) is 34.7. The quantitative estimate of drug-likeness (QED) is 0.140. The van der Waals surface area contributed by atoms with Crippen LogP contribution in [0.1, 0.15) is 125 Å². The van der Waals surface area contributed by atoms with Gasteiger partial charge in [0.2, 0.25) is 0 Å². The molecule has 0 aromatic heterocycles. The van der Waals surface area contributed by atoms with Crippen LogP contribution in [-0.4, -0.2) is 0 Å². The molecule has 2 aliphatic carbocycles. The fourth-order valence-electron chi connectivity index (χ4n) is 10.1. The summed E-state index contributed by atoms with van der Waals surface area (Å²) in [5.74, 6) is 0. The summed E-state index contributed by atoms with van der Waals surface area (Å²) in [5, 5.41) is 17.6. The van der Waals surface area contributed by atoms with Crippen LogP contribution in [0.15, 0.2) is 97.1 Å². The Morgan fingerprint density at radius 3 is 0.615 bits per heavy atom. The van der Waals surface area contributed by atoms with E-state index in [0.29, 0.717) is 0 Å². The first-order valence-electron chi connectivity index (χ1n) is 21.2. The number of hydrogen-bond acceptors (Lipinski definition) is 0. The van der Waals surface area contributed by atoms with E-state index >= 15 is 0 Å². The van der Waals surface area contributed by atoms with Crippen LogP contribution in [0, 0.1) is 0 Å². The minimum Gasteiger partial charge on any atom is -0.0578 e. The molecule has 0 nitrogen and oxygen atoms in total. The summed E-state index contributed by atoms with van der Waals surface area (Å²) in [7, 11) is 0. The van der Waals surface area contributed by atoms with Crippen molar-refractivity contribution < 1.29 is 0 Å². The van der Waals surface area contributed by atoms with Crippen LogP contribution in [0.5, 0.6) is 0 Å². The van der Waals surface area contributed by atoms with E-state index < -0.39 is 0 Å². The van der Waals surface area contributed by atoms with Crippen LogP contribution in [0.25, 0.3) is 64.6 Å². The number of aryl methyl sites for hydroxylation is 4. The predicted molar refractivity (Wildman–Crippen MR) is 229 cm³/mol. The lowest BCUT2D eigenvalue weighted by molar-refractivity contribution is 0.568. The van der Waals surface area contributed by atoms with Gasteiger partial charge in [-0.2, -0.15) is 0 Å². The lowest BCUT2D eigenvalue weighted by atomic mass is 9.88. The summed E-state index contributed by atoms with van der Waals surface area (Å²) in [5.41, 5.74) is 6.18. The molecule has 2 aliphatic rings. The molecule has 8 aromatic carbocycles. The molecule has 4 bridgehead atoms. The van der Waals surface area contributed by atoms with Crippen LogP contribution in [0.4, 0.5) is 0 Å². The van der Waals surface area contributed by atoms with E-state index in [2.05, 4.69) is 97.1 Å². The van der Waals surface area contributed by atoms with E-state index in [0.717, 1.165) is 0 Å². The topological polar surface area (TPSA) is 0 Å². The van der Waals surface area contributed by atoms with Crippen molar-refractivity contribution in [3.63, 3.8) is 0 Å². The van der Waals surface area contributed by atoms with Crippen molar-refractivity contribution in [2.75, 3.05) is 0 Å². The Bertz CT molecular complexity index is 2080. The number of rotatable bonds is 0. The summed E-state index contributed by atoms with van der Waals surface area (Å²) in [6.07, 6.45) is 27.1. The summed E-state index contributed by atoms with van der Waals surface area (Å²) in [6.45, 7) is 0. The molecule has 10 rings (SSSR count). The standard InChI is InChI=1S/2C26H28/c2*1-2-4-6-8-10-20-12-14-22-16-15-21-13-11-19(9-7-5-3-1)23-17-18-24(20)26(22)25(21)23/h2*11-18H,1-10H2. The van der Waals surface area contributed by atoms with Crippen molar-refractivity contribution >= 4 is 64.6 Å². The third-order valence-electron chi connectivity index (χ3n) is 13.0. The van der Waals surface area contributed by atoms with E-state index in [1.807, 2.05) is 0 Å². The highest BCUT2D eigenvalue weighted by Crippen LogP contribution is 2.40. The Labute approximate surface area is 311 Å². The van der Waals surface area contributed by atoms with E-state index in [1.54, 1.807) is 22.3 Å². The molecule has 0 atom stereocenters. The van der Waals surface area contributed by atoms with Gasteiger partial charge in [0, 0.05) is 0 Å². The van der Waals surface area contributed by atoms with E-state index in [-0.39, 0.29) is 0 Å². The molecule has 0 heterocycles. The second-order valence-corrected chi connectivity index (χ2v) is 16.4. The molecule has 0 unspecified atom stereocenters. The fourth-order valence-corrected chi connectivity index (χ4v) is 10.1. The Morgan fingerprint density at radius 2 is 0.385 bits per heavy atom. The normalized spacial score (nSPS) is 17.2. The van der Waals surface area contributed by atoms with Gasteiger partial charge in [-0.3, -0.25) is 0 Å². The third-order valence-corrected chi connectivity index (χ3v) is 13.0. The van der Waals surface area contributed by atoms with Crippen LogP contribution < -0.4 is 0 Å². The van der Waals surface area contributed by atoms with Crippen LogP contribution >= 0.6 is 0 Å². The van der Waals surface area contributed by atoms with Crippen LogP contribution in [-0.2, 0) is 25.7 Å². The lowest BCUT2D eigenvalue weighted by Crippen LogP contribution is -1.95. The molecule has 0 spiro atoms. The van der Waals surface area contributed by atoms with Crippen molar-refractivity contribution in [3.8, 4) is 0 Å². The average molecular weight is 681 g/mol. The minimum absolute atomic E-state index is 1.22. The van der Waals surface area contributed by atoms with Gasteiger partial charge >= 0.3 is 0 Å². The van der Waals surface area contributed by atoms with Gasteiger partial charge in [-0.05, 0) is 138 Å². The van der Waals surface area contributed by atoms with Gasteiger partial charge in [-0.1, -0.05) is 174 Å². The Hall–Kier alpha value is -4.16. The monoisotopic (exact) mass is 680 g/mol. The Kier molecular flexibility index (Phi) is 10.00. The van der Waals surface area contributed by atoms with E-state index in [4.69, 9.17) is 0 Å². The van der Waals surface area contributed by atoms with Crippen LogP contribution in [0.2, 0.25) is 0 Å². The molecule has 8 aromatic rings. The molecule has 264 valence electrons. The first-order valence-corrected chi connectivity index (χ1v) is 21.2. The van der Waals surface area contributed by atoms with Gasteiger partial charge in [0.15, 0.2) is 0 Å². The highest BCUT2D eigenvalue weighted by atomic mass is 14.2.